The van der Waals surface area contributed by atoms with Crippen molar-refractivity contribution in [2.75, 3.05) is 5.73 Å². The van der Waals surface area contributed by atoms with Crippen LogP contribution in [0.15, 0.2) is 17.9 Å². The van der Waals surface area contributed by atoms with Gasteiger partial charge in [0.1, 0.15) is 16.5 Å². The SMILES string of the molecule is Cc1cc(Oc2nc(C(F)(F)F)c(N)s2)cc(C)c1C1=C(O)[C@H]2[C@@H](C1=O)[C@@H]1CC[C@H]2O1. The summed E-state index contributed by atoms with van der Waals surface area (Å²) in [4.78, 5) is 16.6. The smallest absolute Gasteiger partial charge is 0.436 e. The van der Waals surface area contributed by atoms with Gasteiger partial charge < -0.3 is 20.3 Å². The Morgan fingerprint density at radius 1 is 1.19 bits per heavy atom. The molecule has 10 heteroatoms. The molecule has 3 aliphatic rings. The molecule has 0 amide bonds. The first-order valence-corrected chi connectivity index (χ1v) is 10.6. The fourth-order valence-corrected chi connectivity index (χ4v) is 5.83. The number of aryl methyl sites for hydroxylation is 2. The van der Waals surface area contributed by atoms with Crippen molar-refractivity contribution in [2.45, 2.75) is 45.1 Å². The van der Waals surface area contributed by atoms with Crippen LogP contribution in [0.1, 0.15) is 35.2 Å². The van der Waals surface area contributed by atoms with Gasteiger partial charge in [0, 0.05) is 0 Å². The lowest BCUT2D eigenvalue weighted by molar-refractivity contribution is -0.140. The minimum Gasteiger partial charge on any atom is -0.511 e. The van der Waals surface area contributed by atoms with Gasteiger partial charge >= 0.3 is 6.18 Å². The van der Waals surface area contributed by atoms with Crippen molar-refractivity contribution >= 4 is 27.7 Å². The van der Waals surface area contributed by atoms with Crippen LogP contribution < -0.4 is 10.5 Å². The van der Waals surface area contributed by atoms with Gasteiger partial charge in [0.2, 0.25) is 0 Å². The van der Waals surface area contributed by atoms with Gasteiger partial charge in [-0.3, -0.25) is 4.79 Å². The van der Waals surface area contributed by atoms with Gasteiger partial charge in [0.05, 0.1) is 29.6 Å². The maximum atomic E-state index is 13.1. The second-order valence-electron chi connectivity index (χ2n) is 8.19. The molecule has 0 radical (unpaired) electrons. The number of aromatic nitrogens is 1. The second-order valence-corrected chi connectivity index (χ2v) is 9.18. The average Bonchev–Trinajstić information content (AvgIpc) is 3.40. The lowest BCUT2D eigenvalue weighted by atomic mass is 9.80. The Bertz CT molecular complexity index is 1120. The molecule has 2 fully saturated rings. The highest BCUT2D eigenvalue weighted by molar-refractivity contribution is 7.17. The van der Waals surface area contributed by atoms with Crippen LogP contribution in [0, 0.1) is 25.7 Å². The maximum absolute atomic E-state index is 13.1. The predicted molar refractivity (Wildman–Crippen MR) is 107 cm³/mol. The van der Waals surface area contributed by atoms with E-state index in [4.69, 9.17) is 15.2 Å². The summed E-state index contributed by atoms with van der Waals surface area (Å²) < 4.78 is 50.1. The highest BCUT2D eigenvalue weighted by Crippen LogP contribution is 2.54. The van der Waals surface area contributed by atoms with E-state index in [1.165, 1.54) is 0 Å². The number of nitrogens with zero attached hydrogens (tertiary/aromatic N) is 1. The van der Waals surface area contributed by atoms with Crippen LogP contribution in [0.4, 0.5) is 18.2 Å². The number of aliphatic hydroxyl groups excluding tert-OH is 1. The van der Waals surface area contributed by atoms with E-state index in [1.807, 2.05) is 0 Å². The first kappa shape index (κ1) is 20.3. The number of ether oxygens (including phenoxy) is 2. The molecule has 1 aromatic carbocycles. The molecular formula is C21H19F3N2O4S. The molecule has 0 saturated carbocycles. The number of benzene rings is 1. The van der Waals surface area contributed by atoms with Crippen molar-refractivity contribution in [2.24, 2.45) is 11.8 Å². The number of carbonyl (C=O) groups excluding carboxylic acids is 1. The zero-order chi connectivity index (χ0) is 22.2. The number of hydrogen-bond donors (Lipinski definition) is 2. The molecule has 2 aromatic rings. The number of rotatable bonds is 3. The number of aliphatic hydroxyl groups is 1. The van der Waals surface area contributed by atoms with Gasteiger partial charge in [0.15, 0.2) is 11.5 Å². The van der Waals surface area contributed by atoms with Crippen molar-refractivity contribution in [1.82, 2.24) is 4.98 Å². The molecule has 6 nitrogen and oxygen atoms in total. The maximum Gasteiger partial charge on any atom is 0.436 e. The molecular weight excluding hydrogens is 433 g/mol. The van der Waals surface area contributed by atoms with Crippen LogP contribution in [0.2, 0.25) is 0 Å². The van der Waals surface area contributed by atoms with Gasteiger partial charge in [0.25, 0.3) is 5.19 Å². The molecule has 2 saturated heterocycles. The molecule has 5 rings (SSSR count). The van der Waals surface area contributed by atoms with Gasteiger partial charge in [-0.15, -0.1) is 0 Å². The summed E-state index contributed by atoms with van der Waals surface area (Å²) in [6, 6.07) is 3.22. The number of anilines is 1. The monoisotopic (exact) mass is 452 g/mol. The van der Waals surface area contributed by atoms with E-state index >= 15 is 0 Å². The summed E-state index contributed by atoms with van der Waals surface area (Å²) in [7, 11) is 0. The van der Waals surface area contributed by atoms with E-state index in [0.29, 0.717) is 33.6 Å². The summed E-state index contributed by atoms with van der Waals surface area (Å²) in [5.41, 5.74) is 6.52. The zero-order valence-electron chi connectivity index (χ0n) is 16.6. The predicted octanol–water partition coefficient (Wildman–Crippen LogP) is 4.80. The first-order valence-electron chi connectivity index (χ1n) is 9.82. The molecule has 4 atom stereocenters. The number of allylic oxidation sites excluding steroid dienone is 1. The van der Waals surface area contributed by atoms with Crippen molar-refractivity contribution in [1.29, 1.82) is 0 Å². The van der Waals surface area contributed by atoms with Gasteiger partial charge in [-0.05, 0) is 55.5 Å². The van der Waals surface area contributed by atoms with Crippen LogP contribution in [-0.2, 0) is 15.7 Å². The highest BCUT2D eigenvalue weighted by atomic mass is 32.1. The summed E-state index contributed by atoms with van der Waals surface area (Å²) in [5, 5.41) is 10.2. The van der Waals surface area contributed by atoms with Crippen molar-refractivity contribution in [3.05, 3.63) is 40.3 Å². The van der Waals surface area contributed by atoms with E-state index in [0.717, 1.165) is 12.8 Å². The summed E-state index contributed by atoms with van der Waals surface area (Å²) in [5.74, 6) is -0.408. The molecule has 31 heavy (non-hydrogen) atoms. The third kappa shape index (κ3) is 3.03. The molecule has 3 heterocycles. The molecule has 1 aromatic heterocycles. The van der Waals surface area contributed by atoms with Gasteiger partial charge in [-0.25, -0.2) is 0 Å². The minimum atomic E-state index is -4.66. The Hall–Kier alpha value is -2.59. The van der Waals surface area contributed by atoms with E-state index in [-0.39, 0.29) is 46.5 Å². The first-order chi connectivity index (χ1) is 14.6. The Kier molecular flexibility index (Phi) is 4.39. The average molecular weight is 452 g/mol. The van der Waals surface area contributed by atoms with Gasteiger partial charge in [-0.1, -0.05) is 11.3 Å². The topological polar surface area (TPSA) is 94.7 Å². The Labute approximate surface area is 179 Å². The molecule has 2 aliphatic heterocycles. The van der Waals surface area contributed by atoms with E-state index in [1.54, 1.807) is 26.0 Å². The van der Waals surface area contributed by atoms with Gasteiger partial charge in [-0.2, -0.15) is 18.2 Å². The van der Waals surface area contributed by atoms with Crippen LogP contribution in [0.25, 0.3) is 5.57 Å². The third-order valence-electron chi connectivity index (χ3n) is 6.26. The van der Waals surface area contributed by atoms with Crippen molar-refractivity contribution in [3.8, 4) is 10.9 Å². The molecule has 1 aliphatic carbocycles. The summed E-state index contributed by atoms with van der Waals surface area (Å²) >= 11 is 0.604. The Morgan fingerprint density at radius 2 is 1.81 bits per heavy atom. The standard InChI is InChI=1S/C21H19F3N2O4S/c1-7-5-9(29-20-26-18(19(25)31-20)21(22,23)24)6-8(2)12(7)15-16(27)13-10-3-4-11(30-10)14(13)17(15)28/h5-6,10-11,13-14,27H,3-4,25H2,1-2H3/t10-,11+,13-,14+/m1/s1. The number of ketones is 1. The number of carbonyl (C=O) groups is 1. The largest absolute Gasteiger partial charge is 0.511 e. The molecule has 0 spiro atoms. The van der Waals surface area contributed by atoms with Crippen LogP contribution in [0.5, 0.6) is 10.9 Å². The minimum absolute atomic E-state index is 0.0737. The zero-order valence-corrected chi connectivity index (χ0v) is 17.4. The van der Waals surface area contributed by atoms with Crippen LogP contribution in [-0.4, -0.2) is 28.1 Å². The number of hydrogen-bond acceptors (Lipinski definition) is 7. The number of halogens is 3. The number of alkyl halides is 3. The third-order valence-corrected chi connectivity index (χ3v) is 7.02. The quantitative estimate of drug-likeness (QED) is 0.695. The van der Waals surface area contributed by atoms with Crippen LogP contribution in [0.3, 0.4) is 0 Å². The van der Waals surface area contributed by atoms with Crippen LogP contribution >= 0.6 is 11.3 Å². The number of nitrogen functional groups attached to an aromatic ring is 1. The Balaban J connectivity index is 1.48. The number of nitrogens with two attached hydrogens (primary N) is 1. The number of thiazole rings is 1. The number of Topliss-reactive ketones (excluding diaryl/α,β-unsaturated/α-hetero) is 1. The van der Waals surface area contributed by atoms with E-state index in [2.05, 4.69) is 4.98 Å². The fraction of sp³-hybridized carbons (Fsp3) is 0.429. The lowest BCUT2D eigenvalue weighted by Gasteiger charge is -2.19. The molecule has 0 unspecified atom stereocenters. The normalized spacial score (nSPS) is 27.3. The van der Waals surface area contributed by atoms with E-state index in [9.17, 15) is 23.1 Å². The molecule has 164 valence electrons. The fourth-order valence-electron chi connectivity index (χ4n) is 5.11. The summed E-state index contributed by atoms with van der Waals surface area (Å²) in [6.45, 7) is 3.53. The van der Waals surface area contributed by atoms with E-state index < -0.39 is 16.9 Å². The number of fused-ring (bicyclic) bond motifs is 5. The molecule has 3 N–H and O–H groups in total. The van der Waals surface area contributed by atoms with Crippen molar-refractivity contribution in [3.63, 3.8) is 0 Å². The second kappa shape index (κ2) is 6.70. The lowest BCUT2D eigenvalue weighted by Crippen LogP contribution is -2.29. The highest BCUT2D eigenvalue weighted by Gasteiger charge is 2.59. The van der Waals surface area contributed by atoms with Crippen molar-refractivity contribution < 1.29 is 32.5 Å². The summed E-state index contributed by atoms with van der Waals surface area (Å²) in [6.07, 6.45) is -3.29. The molecule has 2 bridgehead atoms. The Morgan fingerprint density at radius 3 is 2.35 bits per heavy atom.